The number of nitrogens with zero attached hydrogens (tertiary/aromatic N) is 1. The second kappa shape index (κ2) is 3.86. The molecule has 3 atom stereocenters. The lowest BCUT2D eigenvalue weighted by Crippen LogP contribution is -2.31. The lowest BCUT2D eigenvalue weighted by Gasteiger charge is -2.29. The first kappa shape index (κ1) is 10.5. The molecule has 1 aliphatic carbocycles. The highest BCUT2D eigenvalue weighted by molar-refractivity contribution is 5.35. The van der Waals surface area contributed by atoms with Crippen LogP contribution in [0.15, 0.2) is 35.6 Å². The van der Waals surface area contributed by atoms with Gasteiger partial charge in [0.15, 0.2) is 0 Å². The zero-order valence-corrected chi connectivity index (χ0v) is 9.77. The van der Waals surface area contributed by atoms with E-state index in [0.29, 0.717) is 12.0 Å². The van der Waals surface area contributed by atoms with Crippen LogP contribution in [-0.4, -0.2) is 24.0 Å². The second-order valence-corrected chi connectivity index (χ2v) is 4.74. The van der Waals surface area contributed by atoms with Crippen LogP contribution in [0.2, 0.25) is 0 Å². The molecular weight excluding hydrogens is 184 g/mol. The van der Waals surface area contributed by atoms with Gasteiger partial charge in [-0.15, -0.1) is 0 Å². The Morgan fingerprint density at radius 1 is 1.53 bits per heavy atom. The Labute approximate surface area is 92.1 Å². The Balaban J connectivity index is 2.21. The zero-order valence-electron chi connectivity index (χ0n) is 9.77. The van der Waals surface area contributed by atoms with Crippen molar-refractivity contribution >= 4 is 0 Å². The molecule has 1 aliphatic heterocycles. The Bertz CT molecular complexity index is 336. The summed E-state index contributed by atoms with van der Waals surface area (Å²) in [5.74, 6) is 0.547. The SMILES string of the molecule is CC1=CC2C(CC(C)N)=CC=CC2N1C. The minimum Gasteiger partial charge on any atom is -0.371 e. The van der Waals surface area contributed by atoms with Crippen molar-refractivity contribution in [1.82, 2.24) is 4.90 Å². The summed E-state index contributed by atoms with van der Waals surface area (Å²) in [6.07, 6.45) is 10.0. The molecule has 2 aliphatic rings. The van der Waals surface area contributed by atoms with E-state index in [1.165, 1.54) is 11.3 Å². The number of allylic oxidation sites excluding steroid dienone is 3. The van der Waals surface area contributed by atoms with Crippen LogP contribution in [0.25, 0.3) is 0 Å². The standard InChI is InChI=1S/C13H20N2/c1-9(14)7-11-5-4-6-13-12(11)8-10(2)15(13)3/h4-6,8-9,12-13H,7,14H2,1-3H3. The van der Waals surface area contributed by atoms with Crippen molar-refractivity contribution in [2.45, 2.75) is 32.4 Å². The van der Waals surface area contributed by atoms with E-state index in [2.05, 4.69) is 50.1 Å². The normalized spacial score (nSPS) is 31.1. The van der Waals surface area contributed by atoms with E-state index in [4.69, 9.17) is 5.73 Å². The van der Waals surface area contributed by atoms with Crippen LogP contribution in [0.5, 0.6) is 0 Å². The third-order valence-electron chi connectivity index (χ3n) is 3.40. The number of rotatable bonds is 2. The minimum atomic E-state index is 0.253. The highest BCUT2D eigenvalue weighted by Gasteiger charge is 2.32. The highest BCUT2D eigenvalue weighted by atomic mass is 15.2. The van der Waals surface area contributed by atoms with Crippen LogP contribution in [0.3, 0.4) is 0 Å². The summed E-state index contributed by atoms with van der Waals surface area (Å²) in [4.78, 5) is 2.34. The third-order valence-corrected chi connectivity index (χ3v) is 3.40. The van der Waals surface area contributed by atoms with E-state index in [-0.39, 0.29) is 6.04 Å². The summed E-state index contributed by atoms with van der Waals surface area (Å²) in [7, 11) is 2.16. The molecule has 0 aromatic rings. The maximum Gasteiger partial charge on any atom is 0.0570 e. The van der Waals surface area contributed by atoms with Gasteiger partial charge in [0, 0.05) is 24.7 Å². The second-order valence-electron chi connectivity index (χ2n) is 4.74. The van der Waals surface area contributed by atoms with E-state index in [0.717, 1.165) is 6.42 Å². The monoisotopic (exact) mass is 204 g/mol. The predicted octanol–water partition coefficient (Wildman–Crippen LogP) is 2.05. The van der Waals surface area contributed by atoms with Crippen LogP contribution in [-0.2, 0) is 0 Å². The molecule has 2 heteroatoms. The van der Waals surface area contributed by atoms with Gasteiger partial charge in [0.2, 0.25) is 0 Å². The maximum absolute atomic E-state index is 5.88. The highest BCUT2D eigenvalue weighted by Crippen LogP contribution is 2.35. The molecule has 2 rings (SSSR count). The lowest BCUT2D eigenvalue weighted by atomic mass is 9.85. The van der Waals surface area contributed by atoms with Gasteiger partial charge in [0.25, 0.3) is 0 Å². The fraction of sp³-hybridized carbons (Fsp3) is 0.538. The maximum atomic E-state index is 5.88. The first-order valence-electron chi connectivity index (χ1n) is 5.63. The number of fused-ring (bicyclic) bond motifs is 1. The molecule has 82 valence electrons. The molecule has 0 fully saturated rings. The van der Waals surface area contributed by atoms with Crippen LogP contribution >= 0.6 is 0 Å². The summed E-state index contributed by atoms with van der Waals surface area (Å²) in [6, 6.07) is 0.770. The summed E-state index contributed by atoms with van der Waals surface area (Å²) in [5.41, 5.74) is 8.72. The van der Waals surface area contributed by atoms with Gasteiger partial charge in [-0.25, -0.2) is 0 Å². The van der Waals surface area contributed by atoms with E-state index >= 15 is 0 Å². The van der Waals surface area contributed by atoms with E-state index in [1.807, 2.05) is 0 Å². The van der Waals surface area contributed by atoms with Crippen LogP contribution in [0, 0.1) is 5.92 Å². The van der Waals surface area contributed by atoms with Crippen molar-refractivity contribution < 1.29 is 0 Å². The molecule has 0 aromatic heterocycles. The van der Waals surface area contributed by atoms with Gasteiger partial charge in [0.05, 0.1) is 6.04 Å². The zero-order chi connectivity index (χ0) is 11.0. The van der Waals surface area contributed by atoms with Gasteiger partial charge in [-0.1, -0.05) is 29.9 Å². The molecule has 1 heterocycles. The molecular formula is C13H20N2. The molecule has 2 nitrogen and oxygen atoms in total. The number of hydrogen-bond donors (Lipinski definition) is 1. The molecule has 0 saturated carbocycles. The van der Waals surface area contributed by atoms with Gasteiger partial charge in [-0.3, -0.25) is 0 Å². The fourth-order valence-corrected chi connectivity index (χ4v) is 2.51. The summed E-state index contributed by atoms with van der Waals surface area (Å²) < 4.78 is 0. The topological polar surface area (TPSA) is 29.3 Å². The van der Waals surface area contributed by atoms with Crippen molar-refractivity contribution in [3.8, 4) is 0 Å². The van der Waals surface area contributed by atoms with Crippen molar-refractivity contribution in [1.29, 1.82) is 0 Å². The summed E-state index contributed by atoms with van der Waals surface area (Å²) in [6.45, 7) is 4.25. The Kier molecular flexibility index (Phi) is 2.70. The summed E-state index contributed by atoms with van der Waals surface area (Å²) in [5, 5.41) is 0. The Morgan fingerprint density at radius 3 is 2.93 bits per heavy atom. The van der Waals surface area contributed by atoms with Crippen molar-refractivity contribution in [3.05, 3.63) is 35.6 Å². The van der Waals surface area contributed by atoms with Crippen molar-refractivity contribution in [3.63, 3.8) is 0 Å². The Hall–Kier alpha value is -1.02. The average Bonchev–Trinajstić information content (AvgIpc) is 2.45. The molecule has 3 unspecified atom stereocenters. The molecule has 0 bridgehead atoms. The average molecular weight is 204 g/mol. The lowest BCUT2D eigenvalue weighted by molar-refractivity contribution is 0.346. The smallest absolute Gasteiger partial charge is 0.0570 e. The van der Waals surface area contributed by atoms with Crippen molar-refractivity contribution in [2.24, 2.45) is 11.7 Å². The van der Waals surface area contributed by atoms with E-state index < -0.39 is 0 Å². The van der Waals surface area contributed by atoms with Crippen LogP contribution in [0.4, 0.5) is 0 Å². The third kappa shape index (κ3) is 1.86. The van der Waals surface area contributed by atoms with E-state index in [1.54, 1.807) is 0 Å². The molecule has 15 heavy (non-hydrogen) atoms. The fourth-order valence-electron chi connectivity index (χ4n) is 2.51. The molecule has 0 saturated heterocycles. The van der Waals surface area contributed by atoms with Gasteiger partial charge >= 0.3 is 0 Å². The van der Waals surface area contributed by atoms with Crippen molar-refractivity contribution in [2.75, 3.05) is 7.05 Å². The molecule has 0 aromatic carbocycles. The Morgan fingerprint density at radius 2 is 2.27 bits per heavy atom. The van der Waals surface area contributed by atoms with Gasteiger partial charge in [-0.05, 0) is 20.3 Å². The number of nitrogens with two attached hydrogens (primary N) is 1. The van der Waals surface area contributed by atoms with Gasteiger partial charge in [0.1, 0.15) is 0 Å². The number of hydrogen-bond acceptors (Lipinski definition) is 2. The molecule has 0 radical (unpaired) electrons. The van der Waals surface area contributed by atoms with E-state index in [9.17, 15) is 0 Å². The van der Waals surface area contributed by atoms with Crippen LogP contribution in [0.1, 0.15) is 20.3 Å². The first-order chi connectivity index (χ1) is 7.09. The summed E-state index contributed by atoms with van der Waals surface area (Å²) >= 11 is 0. The molecule has 2 N–H and O–H groups in total. The minimum absolute atomic E-state index is 0.253. The van der Waals surface area contributed by atoms with Gasteiger partial charge in [-0.2, -0.15) is 0 Å². The molecule has 0 amide bonds. The number of likely N-dealkylation sites (N-methyl/N-ethyl adjacent to an activating group) is 1. The van der Waals surface area contributed by atoms with Gasteiger partial charge < -0.3 is 10.6 Å². The largest absolute Gasteiger partial charge is 0.371 e. The predicted molar refractivity (Wildman–Crippen MR) is 64.3 cm³/mol. The van der Waals surface area contributed by atoms with Crippen LogP contribution < -0.4 is 5.73 Å². The first-order valence-corrected chi connectivity index (χ1v) is 5.63. The quantitative estimate of drug-likeness (QED) is 0.746. The molecule has 0 spiro atoms.